The quantitative estimate of drug-likeness (QED) is 0.840. The molecule has 2 rings (SSSR count). The van der Waals surface area contributed by atoms with Crippen LogP contribution in [0, 0.1) is 0 Å². The van der Waals surface area contributed by atoms with Gasteiger partial charge < -0.3 is 5.32 Å². The lowest BCUT2D eigenvalue weighted by molar-refractivity contribution is 0.535. The smallest absolute Gasteiger partial charge is 0.0270 e. The molecule has 0 bridgehead atoms. The van der Waals surface area contributed by atoms with Gasteiger partial charge in [0.15, 0.2) is 0 Å². The van der Waals surface area contributed by atoms with Crippen LogP contribution in [0.4, 0.5) is 0 Å². The lowest BCUT2D eigenvalue weighted by Crippen LogP contribution is -2.35. The van der Waals surface area contributed by atoms with Gasteiger partial charge in [-0.2, -0.15) is 11.8 Å². The van der Waals surface area contributed by atoms with E-state index in [4.69, 9.17) is 0 Å². The first-order chi connectivity index (χ1) is 8.40. The largest absolute Gasteiger partial charge is 0.313 e. The van der Waals surface area contributed by atoms with Crippen molar-refractivity contribution < 1.29 is 0 Å². The molecule has 1 aromatic heterocycles. The third-order valence-corrected chi connectivity index (χ3v) is 4.73. The van der Waals surface area contributed by atoms with Gasteiger partial charge in [-0.1, -0.05) is 13.3 Å². The highest BCUT2D eigenvalue weighted by atomic mass is 32.2. The molecule has 3 heteroatoms. The molecule has 0 radical (unpaired) electrons. The first kappa shape index (κ1) is 12.9. The first-order valence-electron chi connectivity index (χ1n) is 6.64. The van der Waals surface area contributed by atoms with Gasteiger partial charge in [0.05, 0.1) is 0 Å². The van der Waals surface area contributed by atoms with E-state index in [1.165, 1.54) is 30.6 Å². The van der Waals surface area contributed by atoms with Crippen LogP contribution < -0.4 is 5.32 Å². The molecule has 2 atom stereocenters. The minimum Gasteiger partial charge on any atom is -0.313 e. The number of nitrogens with one attached hydrogen (secondary N) is 1. The standard InChI is InChI=1S/C14H22N2S/c1-2-17-14-5-3-4-13(14)16-11-8-12-6-9-15-10-7-12/h6-7,9-10,13-14,16H,2-5,8,11H2,1H3. The molecule has 94 valence electrons. The fraction of sp³-hybridized carbons (Fsp3) is 0.643. The fourth-order valence-corrected chi connectivity index (χ4v) is 3.75. The molecule has 1 aromatic rings. The Bertz CT molecular complexity index is 315. The molecule has 1 N–H and O–H groups in total. The summed E-state index contributed by atoms with van der Waals surface area (Å²) in [6.45, 7) is 3.35. The minimum atomic E-state index is 0.738. The van der Waals surface area contributed by atoms with Gasteiger partial charge in [0.25, 0.3) is 0 Å². The maximum atomic E-state index is 4.04. The SMILES string of the molecule is CCSC1CCCC1NCCc1ccncc1. The molecule has 1 saturated carbocycles. The van der Waals surface area contributed by atoms with Crippen molar-refractivity contribution in [3.63, 3.8) is 0 Å². The van der Waals surface area contributed by atoms with Crippen LogP contribution in [-0.2, 0) is 6.42 Å². The minimum absolute atomic E-state index is 0.738. The molecular formula is C14H22N2S. The molecule has 1 aliphatic carbocycles. The maximum absolute atomic E-state index is 4.04. The molecule has 0 aromatic carbocycles. The molecule has 0 spiro atoms. The lowest BCUT2D eigenvalue weighted by atomic mass is 10.2. The van der Waals surface area contributed by atoms with Gasteiger partial charge in [0, 0.05) is 23.7 Å². The van der Waals surface area contributed by atoms with Crippen molar-refractivity contribution >= 4 is 11.8 Å². The van der Waals surface area contributed by atoms with Gasteiger partial charge in [0.2, 0.25) is 0 Å². The van der Waals surface area contributed by atoms with E-state index >= 15 is 0 Å². The Labute approximate surface area is 109 Å². The van der Waals surface area contributed by atoms with Crippen molar-refractivity contribution in [3.05, 3.63) is 30.1 Å². The summed E-state index contributed by atoms with van der Waals surface area (Å²) >= 11 is 2.12. The summed E-state index contributed by atoms with van der Waals surface area (Å²) in [5.74, 6) is 1.24. The monoisotopic (exact) mass is 250 g/mol. The number of rotatable bonds is 6. The predicted molar refractivity (Wildman–Crippen MR) is 75.5 cm³/mol. The van der Waals surface area contributed by atoms with Gasteiger partial charge >= 0.3 is 0 Å². The van der Waals surface area contributed by atoms with Gasteiger partial charge in [-0.25, -0.2) is 0 Å². The predicted octanol–water partition coefficient (Wildman–Crippen LogP) is 2.89. The summed E-state index contributed by atoms with van der Waals surface area (Å²) in [6, 6.07) is 4.95. The average Bonchev–Trinajstić information content (AvgIpc) is 2.79. The highest BCUT2D eigenvalue weighted by Crippen LogP contribution is 2.29. The van der Waals surface area contributed by atoms with Crippen molar-refractivity contribution in [2.24, 2.45) is 0 Å². The van der Waals surface area contributed by atoms with Crippen molar-refractivity contribution in [1.82, 2.24) is 10.3 Å². The summed E-state index contributed by atoms with van der Waals surface area (Å²) in [5, 5.41) is 4.57. The summed E-state index contributed by atoms with van der Waals surface area (Å²) in [4.78, 5) is 4.04. The number of hydrogen-bond acceptors (Lipinski definition) is 3. The molecule has 0 aliphatic heterocycles. The molecule has 1 fully saturated rings. The van der Waals surface area contributed by atoms with E-state index in [1.54, 1.807) is 0 Å². The Kier molecular flexibility index (Phi) is 5.33. The van der Waals surface area contributed by atoms with Crippen LogP contribution in [-0.4, -0.2) is 28.6 Å². The highest BCUT2D eigenvalue weighted by molar-refractivity contribution is 7.99. The normalized spacial score (nSPS) is 24.1. The number of nitrogens with zero attached hydrogens (tertiary/aromatic N) is 1. The van der Waals surface area contributed by atoms with Crippen LogP contribution in [0.3, 0.4) is 0 Å². The second kappa shape index (κ2) is 7.02. The zero-order chi connectivity index (χ0) is 11.9. The molecule has 1 heterocycles. The molecule has 1 aliphatic rings. The van der Waals surface area contributed by atoms with Crippen LogP contribution in [0.2, 0.25) is 0 Å². The van der Waals surface area contributed by atoms with Gasteiger partial charge in [0.1, 0.15) is 0 Å². The van der Waals surface area contributed by atoms with E-state index < -0.39 is 0 Å². The maximum Gasteiger partial charge on any atom is 0.0270 e. The number of pyridine rings is 1. The summed E-state index contributed by atoms with van der Waals surface area (Å²) in [7, 11) is 0. The van der Waals surface area contributed by atoms with Gasteiger partial charge in [-0.15, -0.1) is 0 Å². The summed E-state index contributed by atoms with van der Waals surface area (Å²) < 4.78 is 0. The van der Waals surface area contributed by atoms with Crippen LogP contribution in [0.1, 0.15) is 31.7 Å². The average molecular weight is 250 g/mol. The van der Waals surface area contributed by atoms with E-state index in [1.807, 2.05) is 12.4 Å². The molecule has 2 nitrogen and oxygen atoms in total. The number of hydrogen-bond donors (Lipinski definition) is 1. The Morgan fingerprint density at radius 1 is 1.35 bits per heavy atom. The zero-order valence-corrected chi connectivity index (χ0v) is 11.4. The molecular weight excluding hydrogens is 228 g/mol. The van der Waals surface area contributed by atoms with Crippen LogP contribution in [0.25, 0.3) is 0 Å². The molecule has 0 amide bonds. The second-order valence-corrected chi connectivity index (χ2v) is 6.11. The highest BCUT2D eigenvalue weighted by Gasteiger charge is 2.26. The Hall–Kier alpha value is -0.540. The van der Waals surface area contributed by atoms with Crippen LogP contribution in [0.15, 0.2) is 24.5 Å². The van der Waals surface area contributed by atoms with Crippen molar-refractivity contribution in [2.45, 2.75) is 43.9 Å². The second-order valence-electron chi connectivity index (χ2n) is 4.59. The van der Waals surface area contributed by atoms with Crippen molar-refractivity contribution in [2.75, 3.05) is 12.3 Å². The topological polar surface area (TPSA) is 24.9 Å². The Morgan fingerprint density at radius 3 is 2.94 bits per heavy atom. The zero-order valence-electron chi connectivity index (χ0n) is 10.6. The number of aromatic nitrogens is 1. The van der Waals surface area contributed by atoms with Crippen molar-refractivity contribution in [3.8, 4) is 0 Å². The molecule has 2 unspecified atom stereocenters. The van der Waals surface area contributed by atoms with Gasteiger partial charge in [-0.05, 0) is 49.3 Å². The Balaban J connectivity index is 1.71. The van der Waals surface area contributed by atoms with E-state index in [2.05, 4.69) is 41.1 Å². The van der Waals surface area contributed by atoms with E-state index in [0.717, 1.165) is 24.3 Å². The van der Waals surface area contributed by atoms with Crippen molar-refractivity contribution in [1.29, 1.82) is 0 Å². The summed E-state index contributed by atoms with van der Waals surface area (Å²) in [5.41, 5.74) is 1.38. The van der Waals surface area contributed by atoms with E-state index in [9.17, 15) is 0 Å². The van der Waals surface area contributed by atoms with E-state index in [-0.39, 0.29) is 0 Å². The Morgan fingerprint density at radius 2 is 2.18 bits per heavy atom. The first-order valence-corrected chi connectivity index (χ1v) is 7.69. The van der Waals surface area contributed by atoms with Crippen LogP contribution >= 0.6 is 11.8 Å². The molecule has 0 saturated heterocycles. The third kappa shape index (κ3) is 4.00. The van der Waals surface area contributed by atoms with E-state index in [0.29, 0.717) is 0 Å². The van der Waals surface area contributed by atoms with Crippen LogP contribution in [0.5, 0.6) is 0 Å². The third-order valence-electron chi connectivity index (χ3n) is 3.40. The fourth-order valence-electron chi connectivity index (χ4n) is 2.52. The van der Waals surface area contributed by atoms with Gasteiger partial charge in [-0.3, -0.25) is 4.98 Å². The summed E-state index contributed by atoms with van der Waals surface area (Å²) in [6.07, 6.45) is 9.01. The number of thioether (sulfide) groups is 1. The molecule has 17 heavy (non-hydrogen) atoms. The lowest BCUT2D eigenvalue weighted by Gasteiger charge is -2.20.